The van der Waals surface area contributed by atoms with Crippen LogP contribution in [-0.2, 0) is 21.7 Å². The lowest BCUT2D eigenvalue weighted by Crippen LogP contribution is -2.62. The van der Waals surface area contributed by atoms with E-state index in [4.69, 9.17) is 6.57 Å². The third-order valence-electron chi connectivity index (χ3n) is 23.3. The van der Waals surface area contributed by atoms with E-state index in [1.807, 2.05) is 24.3 Å². The van der Waals surface area contributed by atoms with E-state index in [0.717, 1.165) is 117 Å². The predicted molar refractivity (Wildman–Crippen MR) is 461 cm³/mol. The fourth-order valence-corrected chi connectivity index (χ4v) is 17.8. The fraction of sp³-hybridized carbons (Fsp3) is 0.165. The molecule has 0 amide bonds. The van der Waals surface area contributed by atoms with Gasteiger partial charge in [-0.05, 0) is 182 Å². The van der Waals surface area contributed by atoms with Gasteiger partial charge in [0.1, 0.15) is 0 Å². The van der Waals surface area contributed by atoms with E-state index in [1.54, 1.807) is 0 Å². The van der Waals surface area contributed by atoms with Gasteiger partial charge in [-0.2, -0.15) is 5.26 Å². The Bertz CT molecular complexity index is 5970. The minimum atomic E-state index is -0.471. The van der Waals surface area contributed by atoms with Crippen molar-refractivity contribution in [1.82, 2.24) is 9.13 Å². The first-order chi connectivity index (χ1) is 52.5. The van der Waals surface area contributed by atoms with Crippen LogP contribution in [0.5, 0.6) is 0 Å². The molecule has 0 fully saturated rings. The SMILES string of the molecule is [C-]#[N+]c1ccccc1-c1cccc(-c2cc(C(C)(C)C)cc(C(C)(C)C)c2)c1N1c2cc(-n3c4ccccc4c4ccccc43)ccc2B2c3ccc(-n4c5ccccc5c5ccccc54)cc3C(c3c(-c4cc(C(C)(C)C)cc(C(C)(C)C)c4)cccc3-c3ccccc3C#N)c3cc(-c4ccccc4)cc1c32. The lowest BCUT2D eigenvalue weighted by atomic mass is 9.31. The average Bonchev–Trinajstić information content (AvgIpc) is 0.849. The van der Waals surface area contributed by atoms with Gasteiger partial charge in [-0.3, -0.25) is 0 Å². The molecular weight excluding hydrogens is 1320 g/mol. The van der Waals surface area contributed by atoms with Crippen molar-refractivity contribution in [2.24, 2.45) is 0 Å². The number of benzene rings is 14. The fourth-order valence-electron chi connectivity index (χ4n) is 17.8. The van der Waals surface area contributed by atoms with Crippen molar-refractivity contribution in [3.8, 4) is 73.1 Å². The van der Waals surface area contributed by atoms with Gasteiger partial charge < -0.3 is 14.0 Å². The number of nitrogens with zero attached hydrogens (tertiary/aromatic N) is 5. The highest BCUT2D eigenvalue weighted by Gasteiger charge is 2.47. The molecule has 0 aliphatic carbocycles. The number of anilines is 3. The second-order valence-electron chi connectivity index (χ2n) is 34.2. The van der Waals surface area contributed by atoms with Crippen molar-refractivity contribution in [1.29, 1.82) is 5.26 Å². The van der Waals surface area contributed by atoms with Gasteiger partial charge in [-0.25, -0.2) is 4.85 Å². The van der Waals surface area contributed by atoms with Crippen LogP contribution in [0, 0.1) is 17.9 Å². The number of para-hydroxylation sites is 6. The molecule has 6 heteroatoms. The van der Waals surface area contributed by atoms with Gasteiger partial charge in [-0.1, -0.05) is 325 Å². The molecule has 16 aromatic rings. The number of hydrogen-bond acceptors (Lipinski definition) is 2. The molecule has 109 heavy (non-hydrogen) atoms. The second-order valence-corrected chi connectivity index (χ2v) is 34.2. The van der Waals surface area contributed by atoms with Crippen molar-refractivity contribution >= 4 is 89.5 Å². The van der Waals surface area contributed by atoms with Crippen LogP contribution in [0.2, 0.25) is 0 Å². The van der Waals surface area contributed by atoms with E-state index in [2.05, 4.69) is 381 Å². The first kappa shape index (κ1) is 68.3. The molecule has 14 aromatic carbocycles. The van der Waals surface area contributed by atoms with Crippen molar-refractivity contribution < 1.29 is 0 Å². The Labute approximate surface area is 641 Å². The molecule has 18 rings (SSSR count). The molecule has 0 saturated heterocycles. The topological polar surface area (TPSA) is 41.2 Å². The van der Waals surface area contributed by atoms with Crippen LogP contribution in [0.15, 0.2) is 297 Å². The molecule has 526 valence electrons. The smallest absolute Gasteiger partial charge is 0.247 e. The summed E-state index contributed by atoms with van der Waals surface area (Å²) in [5, 5.41) is 16.3. The zero-order valence-corrected chi connectivity index (χ0v) is 64.2. The lowest BCUT2D eigenvalue weighted by molar-refractivity contribution is 0.568. The maximum absolute atomic E-state index is 11.5. The first-order valence-corrected chi connectivity index (χ1v) is 38.4. The van der Waals surface area contributed by atoms with E-state index in [-0.39, 0.29) is 28.4 Å². The van der Waals surface area contributed by atoms with Crippen LogP contribution in [0.25, 0.3) is 115 Å². The highest BCUT2D eigenvalue weighted by molar-refractivity contribution is 6.99. The van der Waals surface area contributed by atoms with Crippen molar-refractivity contribution in [3.63, 3.8) is 0 Å². The normalized spacial score (nSPS) is 13.5. The summed E-state index contributed by atoms with van der Waals surface area (Å²) < 4.78 is 4.95. The third-order valence-corrected chi connectivity index (χ3v) is 23.3. The molecular formula is C103H86BN5. The highest BCUT2D eigenvalue weighted by atomic mass is 15.2. The predicted octanol–water partition coefficient (Wildman–Crippen LogP) is 25.6. The van der Waals surface area contributed by atoms with Crippen LogP contribution < -0.4 is 21.3 Å². The largest absolute Gasteiger partial charge is 0.310 e. The zero-order chi connectivity index (χ0) is 75.2. The summed E-state index contributed by atoms with van der Waals surface area (Å²) in [5.74, 6) is -0.471. The molecule has 5 nitrogen and oxygen atoms in total. The van der Waals surface area contributed by atoms with Gasteiger partial charge in [0.2, 0.25) is 6.71 Å². The summed E-state index contributed by atoms with van der Waals surface area (Å²) >= 11 is 0. The van der Waals surface area contributed by atoms with Crippen molar-refractivity contribution in [2.45, 2.75) is 111 Å². The third kappa shape index (κ3) is 11.3. The van der Waals surface area contributed by atoms with Crippen LogP contribution in [-0.4, -0.2) is 15.8 Å². The molecule has 0 radical (unpaired) electrons. The van der Waals surface area contributed by atoms with Gasteiger partial charge in [0.05, 0.1) is 46.0 Å². The lowest BCUT2D eigenvalue weighted by Gasteiger charge is -2.45. The van der Waals surface area contributed by atoms with Gasteiger partial charge in [0.15, 0.2) is 5.69 Å². The number of fused-ring (bicyclic) bond motifs is 10. The van der Waals surface area contributed by atoms with Crippen LogP contribution in [0.4, 0.5) is 22.7 Å². The Morgan fingerprint density at radius 1 is 0.349 bits per heavy atom. The quantitative estimate of drug-likeness (QED) is 0.107. The van der Waals surface area contributed by atoms with Crippen LogP contribution >= 0.6 is 0 Å². The standard InChI is InChI=1S/C103H86BN5/c1-100(2,3)69-53-67(54-70(59-69)101(4,5)6)76-40-29-42-83(75-34-18-17-33-65(75)63-105)96(76)97-85-61-73(107-90-45-25-20-36-79(90)80-37-21-26-46-91(80)107)49-51-87(85)104-88-52-50-74(108-92-47-27-22-38-81(92)82-39-23-28-48-93(82)108)62-94(88)109(95-58-66(57-86(97)98(95)104)64-31-15-14-16-32-64)99-77(41-30-43-84(99)78-35-19-24-44-89(78)106-13)68-55-71(102(7,8)9)60-72(56-68)103(10,11)12/h14-62,97H,1-12H3. The van der Waals surface area contributed by atoms with Gasteiger partial charge in [0, 0.05) is 55.8 Å². The van der Waals surface area contributed by atoms with Crippen LogP contribution in [0.3, 0.4) is 0 Å². The Morgan fingerprint density at radius 2 is 0.789 bits per heavy atom. The highest BCUT2D eigenvalue weighted by Crippen LogP contribution is 2.55. The monoisotopic (exact) mass is 1400 g/mol. The van der Waals surface area contributed by atoms with Gasteiger partial charge in [0.25, 0.3) is 0 Å². The molecule has 0 spiro atoms. The van der Waals surface area contributed by atoms with Crippen molar-refractivity contribution in [2.75, 3.05) is 4.90 Å². The summed E-state index contributed by atoms with van der Waals surface area (Å²) in [7, 11) is 0. The number of rotatable bonds is 9. The molecule has 0 bridgehead atoms. The maximum Gasteiger partial charge on any atom is 0.247 e. The zero-order valence-electron chi connectivity index (χ0n) is 64.2. The molecule has 2 aromatic heterocycles. The molecule has 1 atom stereocenters. The summed E-state index contributed by atoms with van der Waals surface area (Å²) in [5.41, 5.74) is 32.4. The molecule has 1 unspecified atom stereocenters. The average molecular weight is 1400 g/mol. The van der Waals surface area contributed by atoms with E-state index in [1.165, 1.54) is 65.9 Å². The summed E-state index contributed by atoms with van der Waals surface area (Å²) in [4.78, 5) is 7.02. The molecule has 0 N–H and O–H groups in total. The Kier molecular flexibility index (Phi) is 16.1. The number of aromatic nitrogens is 2. The summed E-state index contributed by atoms with van der Waals surface area (Å²) in [6, 6.07) is 114. The van der Waals surface area contributed by atoms with E-state index in [0.29, 0.717) is 11.3 Å². The summed E-state index contributed by atoms with van der Waals surface area (Å²) in [6.07, 6.45) is 0. The maximum atomic E-state index is 11.5. The second kappa shape index (κ2) is 25.6. The van der Waals surface area contributed by atoms with E-state index >= 15 is 0 Å². The van der Waals surface area contributed by atoms with Gasteiger partial charge in [-0.15, -0.1) is 0 Å². The van der Waals surface area contributed by atoms with Crippen molar-refractivity contribution in [3.05, 3.63) is 353 Å². The van der Waals surface area contributed by atoms with E-state index in [9.17, 15) is 5.26 Å². The van der Waals surface area contributed by atoms with Gasteiger partial charge >= 0.3 is 0 Å². The molecule has 0 saturated carbocycles. The molecule has 2 aliphatic heterocycles. The summed E-state index contributed by atoms with van der Waals surface area (Å²) in [6.45, 7) is 36.6. The molecule has 4 heterocycles. The van der Waals surface area contributed by atoms with E-state index < -0.39 is 5.92 Å². The number of hydrogen-bond donors (Lipinski definition) is 0. The Hall–Kier alpha value is -12.5. The Balaban J connectivity index is 1.06. The first-order valence-electron chi connectivity index (χ1n) is 38.4. The minimum Gasteiger partial charge on any atom is -0.310 e. The molecule has 2 aliphatic rings. The number of nitriles is 1. The minimum absolute atomic E-state index is 0.197. The van der Waals surface area contributed by atoms with Crippen LogP contribution in [0.1, 0.15) is 134 Å². The Morgan fingerprint density at radius 3 is 1.32 bits per heavy atom.